The van der Waals surface area contributed by atoms with Gasteiger partial charge in [0.15, 0.2) is 15.7 Å². The fourth-order valence-electron chi connectivity index (χ4n) is 9.85. The average molecular weight is 1180 g/mol. The zero-order chi connectivity index (χ0) is 51.9. The van der Waals surface area contributed by atoms with Gasteiger partial charge in [0.2, 0.25) is 0 Å². The van der Waals surface area contributed by atoms with Crippen molar-refractivity contribution < 1.29 is 29.1 Å². The molecule has 75 heavy (non-hydrogen) atoms. The van der Waals surface area contributed by atoms with Crippen molar-refractivity contribution in [2.75, 3.05) is 37.7 Å². The molecule has 3 fully saturated rings. The summed E-state index contributed by atoms with van der Waals surface area (Å²) in [5.41, 5.74) is 2.57. The smallest absolute Gasteiger partial charge is 0.0134 e. The monoisotopic (exact) mass is 1180 g/mol. The van der Waals surface area contributed by atoms with Crippen LogP contribution in [0, 0.1) is 0 Å². The van der Waals surface area contributed by atoms with Crippen molar-refractivity contribution in [3.8, 4) is 11.4 Å². The van der Waals surface area contributed by atoms with E-state index < -0.39 is 30.4 Å². The minimum absolute atomic E-state index is 0.106. The standard InChI is InChI=1S/C25H31N5O3S.2C18H15P.2ClH.Pd/c1-17-16-33-14-13-30(17)23-15-22(25(8-11-26-12-9-25)34(31,32)18-5-6-18)28-24(29-23)20-3-2-4-21-19(20)7-10-27-21;2*1-4-10-16(11-5-1)19(17-12-6-2-7-13-17)18-14-8-3-9-15-18;;;/h2-4,7,10,15,17-18,26-27H,5-6,8-9,11-14,16H2,1H3;2*1-15H;2*1H;/q;;;;;+2/p-2/t17-;;;;;/m1...../s1. The third kappa shape index (κ3) is 13.4. The van der Waals surface area contributed by atoms with Crippen LogP contribution in [0.4, 0.5) is 5.82 Å². The van der Waals surface area contributed by atoms with E-state index in [1.165, 1.54) is 31.8 Å². The number of sulfone groups is 1. The number of halogens is 2. The third-order valence-electron chi connectivity index (χ3n) is 13.7. The van der Waals surface area contributed by atoms with Gasteiger partial charge in [-0.3, -0.25) is 0 Å². The maximum absolute atomic E-state index is 13.9. The molecule has 0 radical (unpaired) electrons. The first-order valence-electron chi connectivity index (χ1n) is 25.3. The minimum atomic E-state index is -3.37. The minimum Gasteiger partial charge on any atom is -0.0622 e. The molecule has 2 aromatic heterocycles. The Balaban J connectivity index is 0.000000144. The molecule has 14 heteroatoms. The van der Waals surface area contributed by atoms with Crippen LogP contribution in [0.15, 0.2) is 219 Å². The summed E-state index contributed by atoms with van der Waals surface area (Å²) in [7, 11) is 5.36. The molecule has 2 N–H and O–H groups in total. The largest absolute Gasteiger partial charge is 0.0622 e. The summed E-state index contributed by atoms with van der Waals surface area (Å²) in [5, 5.41) is 12.5. The van der Waals surface area contributed by atoms with Gasteiger partial charge in [-0.25, -0.2) is 18.4 Å². The molecule has 0 spiro atoms. The Hall–Kier alpha value is -5.07. The first kappa shape index (κ1) is 54.7. The number of H-pyrrole nitrogens is 1. The molecule has 8 nitrogen and oxygen atoms in total. The van der Waals surface area contributed by atoms with Gasteiger partial charge in [0.25, 0.3) is 0 Å². The van der Waals surface area contributed by atoms with Crippen LogP contribution in [0.3, 0.4) is 0 Å². The molecule has 12 rings (SSSR count). The van der Waals surface area contributed by atoms with Crippen molar-refractivity contribution in [3.05, 3.63) is 224 Å². The number of morpholine rings is 1. The molecule has 0 unspecified atom stereocenters. The molecule has 9 aromatic rings. The van der Waals surface area contributed by atoms with Crippen LogP contribution in [0.25, 0.3) is 22.3 Å². The maximum atomic E-state index is 13.9. The van der Waals surface area contributed by atoms with Gasteiger partial charge in [-0.2, -0.15) is 0 Å². The number of rotatable bonds is 11. The van der Waals surface area contributed by atoms with Crippen LogP contribution in [0.5, 0.6) is 0 Å². The normalized spacial score (nSPS) is 16.2. The van der Waals surface area contributed by atoms with Gasteiger partial charge in [-0.15, -0.1) is 0 Å². The summed E-state index contributed by atoms with van der Waals surface area (Å²) in [5.74, 6) is 1.37. The summed E-state index contributed by atoms with van der Waals surface area (Å²) in [4.78, 5) is 15.5. The summed E-state index contributed by atoms with van der Waals surface area (Å²) in [6.07, 6.45) is 4.50. The molecule has 1 saturated carbocycles. The molecule has 3 aliphatic rings. The number of nitrogens with zero attached hydrogens (tertiary/aromatic N) is 3. The molecule has 2 aliphatic heterocycles. The Morgan fingerprint density at radius 3 is 1.47 bits per heavy atom. The molecule has 7 aromatic carbocycles. The summed E-state index contributed by atoms with van der Waals surface area (Å²) < 4.78 is 32.5. The molecule has 388 valence electrons. The average Bonchev–Trinajstić information content (AvgIpc) is 4.26. The number of aromatic amines is 1. The number of ether oxygens (including phenoxy) is 1. The van der Waals surface area contributed by atoms with Gasteiger partial charge < -0.3 is 19.9 Å². The predicted molar refractivity (Wildman–Crippen MR) is 315 cm³/mol. The van der Waals surface area contributed by atoms with E-state index in [9.17, 15) is 8.42 Å². The number of nitrogens with one attached hydrogen (secondary N) is 2. The quantitative estimate of drug-likeness (QED) is 0.0983. The fraction of sp³-hybridized carbons (Fsp3) is 0.213. The van der Waals surface area contributed by atoms with E-state index in [0.29, 0.717) is 50.7 Å². The Labute approximate surface area is 461 Å². The van der Waals surface area contributed by atoms with Crippen LogP contribution < -0.4 is 42.0 Å². The Bertz CT molecular complexity index is 2970. The van der Waals surface area contributed by atoms with E-state index in [0.717, 1.165) is 41.7 Å². The summed E-state index contributed by atoms with van der Waals surface area (Å²) in [6, 6.07) is 74.8. The van der Waals surface area contributed by atoms with E-state index in [-0.39, 0.29) is 27.2 Å². The molecular weight excluding hydrogens is 1120 g/mol. The molecule has 1 aliphatic carbocycles. The molecule has 2 saturated heterocycles. The third-order valence-corrected chi connectivity index (χ3v) is 21.6. The number of fused-ring (bicyclic) bond motifs is 1. The van der Waals surface area contributed by atoms with Crippen LogP contribution in [0.1, 0.15) is 38.3 Å². The van der Waals surface area contributed by atoms with Gasteiger partial charge in [0.05, 0.1) is 30.2 Å². The molecule has 4 heterocycles. The second-order valence-electron chi connectivity index (χ2n) is 18.5. The SMILES string of the molecule is C[C@@H]1COCCN1c1cc(C2(S(=O)(=O)C3CC3)CCNCC2)nc(-c2cccc3[nH]ccc23)n1.[Cl][Pd][Cl].c1ccc(P(c2ccccc2)c2ccccc2)cc1.c1ccc(P(c2ccccc2)c2ccccc2)cc1. The van der Waals surface area contributed by atoms with E-state index in [2.05, 4.69) is 204 Å². The molecular formula is C61H61Cl2N5O3P2PdS. The summed E-state index contributed by atoms with van der Waals surface area (Å²) >= 11 is -0.106. The molecule has 0 bridgehead atoms. The topological polar surface area (TPSA) is 100 Å². The maximum Gasteiger partial charge on any atom is -0.0134 e. The number of benzene rings is 7. The van der Waals surface area contributed by atoms with Gasteiger partial charge >= 0.3 is 35.0 Å². The van der Waals surface area contributed by atoms with Gasteiger partial charge in [0.1, 0.15) is 10.6 Å². The first-order chi connectivity index (χ1) is 36.8. The molecule has 1 atom stereocenters. The zero-order valence-corrected chi connectivity index (χ0v) is 47.4. The van der Waals surface area contributed by atoms with Crippen LogP contribution in [-0.4, -0.2) is 67.5 Å². The zero-order valence-electron chi connectivity index (χ0n) is 41.7. The van der Waals surface area contributed by atoms with Crippen molar-refractivity contribution in [3.63, 3.8) is 0 Å². The van der Waals surface area contributed by atoms with Gasteiger partial charge in [-0.1, -0.05) is 194 Å². The van der Waals surface area contributed by atoms with Crippen LogP contribution in [0.2, 0.25) is 0 Å². The van der Waals surface area contributed by atoms with Gasteiger partial charge in [-0.05, 0) is 105 Å². The number of hydrogen-bond donors (Lipinski definition) is 2. The second kappa shape index (κ2) is 26.8. The first-order valence-corrected chi connectivity index (χ1v) is 33.5. The van der Waals surface area contributed by atoms with E-state index in [4.69, 9.17) is 33.8 Å². The van der Waals surface area contributed by atoms with E-state index in [1.54, 1.807) is 0 Å². The van der Waals surface area contributed by atoms with Crippen LogP contribution in [-0.2, 0) is 35.3 Å². The van der Waals surface area contributed by atoms with Gasteiger partial charge in [0, 0.05) is 35.3 Å². The Morgan fingerprint density at radius 2 is 1.05 bits per heavy atom. The number of anilines is 1. The number of hydrogen-bond acceptors (Lipinski definition) is 7. The van der Waals surface area contributed by atoms with E-state index in [1.807, 2.05) is 36.5 Å². The number of aromatic nitrogens is 3. The Morgan fingerprint density at radius 1 is 0.613 bits per heavy atom. The van der Waals surface area contributed by atoms with Crippen molar-refractivity contribution in [2.45, 2.75) is 48.6 Å². The summed E-state index contributed by atoms with van der Waals surface area (Å²) in [6.45, 7) is 5.42. The van der Waals surface area contributed by atoms with E-state index >= 15 is 0 Å². The fourth-order valence-corrected chi connectivity index (χ4v) is 17.0. The van der Waals surface area contributed by atoms with Crippen molar-refractivity contribution >= 4 is 93.3 Å². The van der Waals surface area contributed by atoms with Crippen molar-refractivity contribution in [1.82, 2.24) is 20.3 Å². The second-order valence-corrected chi connectivity index (χ2v) is 27.9. The van der Waals surface area contributed by atoms with Crippen molar-refractivity contribution in [1.29, 1.82) is 0 Å². The van der Waals surface area contributed by atoms with Crippen LogP contribution >= 0.6 is 34.9 Å². The van der Waals surface area contributed by atoms with Crippen molar-refractivity contribution in [2.24, 2.45) is 0 Å². The number of piperidine rings is 1. The predicted octanol–water partition coefficient (Wildman–Crippen LogP) is 11.3. The molecule has 0 amide bonds. The Kier molecular flexibility index (Phi) is 19.6.